The number of anilines is 1. The van der Waals surface area contributed by atoms with Gasteiger partial charge in [0.25, 0.3) is 0 Å². The predicted molar refractivity (Wildman–Crippen MR) is 77.2 cm³/mol. The molecule has 0 heterocycles. The van der Waals surface area contributed by atoms with Gasteiger partial charge in [-0.2, -0.15) is 13.9 Å². The van der Waals surface area contributed by atoms with Crippen molar-refractivity contribution in [1.29, 1.82) is 0 Å². The molecule has 0 unspecified atom stereocenters. The Morgan fingerprint density at radius 2 is 1.82 bits per heavy atom. The molecule has 2 rings (SSSR count). The van der Waals surface area contributed by atoms with Crippen molar-refractivity contribution in [2.45, 2.75) is 6.61 Å². The predicted octanol–water partition coefficient (Wildman–Crippen LogP) is 3.88. The van der Waals surface area contributed by atoms with Crippen LogP contribution in [-0.2, 0) is 0 Å². The largest absolute Gasteiger partial charge is 0.493 e. The van der Waals surface area contributed by atoms with Gasteiger partial charge in [0.1, 0.15) is 5.82 Å². The van der Waals surface area contributed by atoms with E-state index in [-0.39, 0.29) is 17.3 Å². The first-order valence-electron chi connectivity index (χ1n) is 6.26. The molecule has 0 saturated heterocycles. The van der Waals surface area contributed by atoms with E-state index in [1.54, 1.807) is 6.07 Å². The first-order valence-corrected chi connectivity index (χ1v) is 6.26. The molecule has 0 spiro atoms. The van der Waals surface area contributed by atoms with Gasteiger partial charge in [0.05, 0.1) is 19.0 Å². The smallest absolute Gasteiger partial charge is 0.387 e. The maximum atomic E-state index is 12.7. The van der Waals surface area contributed by atoms with Crippen molar-refractivity contribution in [2.24, 2.45) is 5.10 Å². The van der Waals surface area contributed by atoms with Crippen LogP contribution in [0.3, 0.4) is 0 Å². The topological polar surface area (TPSA) is 42.8 Å². The van der Waals surface area contributed by atoms with Crippen LogP contribution in [0.15, 0.2) is 47.6 Å². The van der Waals surface area contributed by atoms with Crippen LogP contribution in [0, 0.1) is 5.82 Å². The maximum Gasteiger partial charge on any atom is 0.387 e. The van der Waals surface area contributed by atoms with E-state index in [1.807, 2.05) is 0 Å². The number of hydrogen-bond donors (Lipinski definition) is 1. The number of nitrogens with one attached hydrogen (secondary N) is 1. The Hall–Kier alpha value is -2.70. The van der Waals surface area contributed by atoms with Crippen LogP contribution in [0.25, 0.3) is 0 Å². The number of alkyl halides is 2. The lowest BCUT2D eigenvalue weighted by atomic mass is 10.2. The molecule has 116 valence electrons. The number of rotatable bonds is 6. The molecule has 0 aliphatic rings. The first kappa shape index (κ1) is 15.7. The zero-order chi connectivity index (χ0) is 15.9. The third-order valence-electron chi connectivity index (χ3n) is 2.66. The maximum absolute atomic E-state index is 12.7. The highest BCUT2D eigenvalue weighted by Gasteiger charge is 2.10. The van der Waals surface area contributed by atoms with Crippen molar-refractivity contribution in [3.8, 4) is 11.5 Å². The Bertz CT molecular complexity index is 646. The zero-order valence-corrected chi connectivity index (χ0v) is 11.6. The molecule has 2 aromatic carbocycles. The fourth-order valence-electron chi connectivity index (χ4n) is 1.66. The number of nitrogens with zero attached hydrogens (tertiary/aromatic N) is 1. The molecular weight excluding hydrogens is 297 g/mol. The third-order valence-corrected chi connectivity index (χ3v) is 2.66. The van der Waals surface area contributed by atoms with Crippen LogP contribution in [-0.4, -0.2) is 19.9 Å². The average molecular weight is 310 g/mol. The van der Waals surface area contributed by atoms with Gasteiger partial charge in [0.2, 0.25) is 0 Å². The van der Waals surface area contributed by atoms with Gasteiger partial charge in [-0.1, -0.05) is 0 Å². The highest BCUT2D eigenvalue weighted by molar-refractivity contribution is 5.81. The van der Waals surface area contributed by atoms with E-state index >= 15 is 0 Å². The van der Waals surface area contributed by atoms with Gasteiger partial charge in [0.15, 0.2) is 11.5 Å². The zero-order valence-electron chi connectivity index (χ0n) is 11.6. The quantitative estimate of drug-likeness (QED) is 0.650. The van der Waals surface area contributed by atoms with Gasteiger partial charge in [-0.3, -0.25) is 5.43 Å². The molecule has 0 amide bonds. The van der Waals surface area contributed by atoms with Crippen molar-refractivity contribution in [2.75, 3.05) is 12.5 Å². The second-order valence-corrected chi connectivity index (χ2v) is 4.17. The van der Waals surface area contributed by atoms with Gasteiger partial charge >= 0.3 is 6.61 Å². The van der Waals surface area contributed by atoms with Crippen molar-refractivity contribution in [3.05, 3.63) is 53.8 Å². The molecule has 0 aliphatic heterocycles. The highest BCUT2D eigenvalue weighted by Crippen LogP contribution is 2.28. The number of hydrazone groups is 1. The molecule has 4 nitrogen and oxygen atoms in total. The number of ether oxygens (including phenoxy) is 2. The fourth-order valence-corrected chi connectivity index (χ4v) is 1.66. The van der Waals surface area contributed by atoms with Gasteiger partial charge in [-0.25, -0.2) is 4.39 Å². The number of hydrogen-bond acceptors (Lipinski definition) is 4. The molecule has 0 atom stereocenters. The van der Waals surface area contributed by atoms with E-state index in [0.29, 0.717) is 11.3 Å². The van der Waals surface area contributed by atoms with E-state index in [2.05, 4.69) is 15.3 Å². The standard InChI is InChI=1S/C15H13F3N2O2/c1-21-14-8-10(2-7-13(14)22-15(17)18)9-19-20-12-5-3-11(16)4-6-12/h2-9,15,20H,1H3/b19-9-. The monoisotopic (exact) mass is 310 g/mol. The van der Waals surface area contributed by atoms with Gasteiger partial charge in [-0.15, -0.1) is 0 Å². The summed E-state index contributed by atoms with van der Waals surface area (Å²) in [5.74, 6) is -0.221. The molecule has 0 fully saturated rings. The normalized spacial score (nSPS) is 11.0. The fraction of sp³-hybridized carbons (Fsp3) is 0.133. The van der Waals surface area contributed by atoms with Crippen LogP contribution in [0.5, 0.6) is 11.5 Å². The minimum Gasteiger partial charge on any atom is -0.493 e. The minimum absolute atomic E-state index is 0.0545. The second-order valence-electron chi connectivity index (χ2n) is 4.17. The summed E-state index contributed by atoms with van der Waals surface area (Å²) in [6.07, 6.45) is 1.47. The summed E-state index contributed by atoms with van der Waals surface area (Å²) in [6, 6.07) is 10.1. The van der Waals surface area contributed by atoms with E-state index in [4.69, 9.17) is 4.74 Å². The van der Waals surface area contributed by atoms with E-state index in [0.717, 1.165) is 0 Å². The van der Waals surface area contributed by atoms with Crippen molar-refractivity contribution >= 4 is 11.9 Å². The molecule has 0 bridgehead atoms. The summed E-state index contributed by atoms with van der Waals surface area (Å²) in [5.41, 5.74) is 3.95. The van der Waals surface area contributed by atoms with E-state index < -0.39 is 6.61 Å². The summed E-state index contributed by atoms with van der Waals surface area (Å²) < 4.78 is 46.5. The van der Waals surface area contributed by atoms with Crippen LogP contribution in [0.1, 0.15) is 5.56 Å². The van der Waals surface area contributed by atoms with Crippen LogP contribution >= 0.6 is 0 Å². The summed E-state index contributed by atoms with van der Waals surface area (Å²) in [6.45, 7) is -2.92. The molecule has 7 heteroatoms. The summed E-state index contributed by atoms with van der Waals surface area (Å²) in [7, 11) is 1.35. The van der Waals surface area contributed by atoms with E-state index in [1.165, 1.54) is 49.7 Å². The summed E-state index contributed by atoms with van der Waals surface area (Å²) in [5, 5.41) is 3.97. The third kappa shape index (κ3) is 4.41. The minimum atomic E-state index is -2.92. The van der Waals surface area contributed by atoms with Gasteiger partial charge in [0, 0.05) is 0 Å². The molecular formula is C15H13F3N2O2. The Morgan fingerprint density at radius 1 is 1.09 bits per heavy atom. The van der Waals surface area contributed by atoms with Crippen molar-refractivity contribution < 1.29 is 22.6 Å². The lowest BCUT2D eigenvalue weighted by molar-refractivity contribution is -0.0512. The molecule has 22 heavy (non-hydrogen) atoms. The van der Waals surface area contributed by atoms with Crippen LogP contribution in [0.2, 0.25) is 0 Å². The van der Waals surface area contributed by atoms with Gasteiger partial charge in [-0.05, 0) is 48.0 Å². The van der Waals surface area contributed by atoms with E-state index in [9.17, 15) is 13.2 Å². The summed E-state index contributed by atoms with van der Waals surface area (Å²) in [4.78, 5) is 0. The van der Waals surface area contributed by atoms with Crippen LogP contribution in [0.4, 0.5) is 18.9 Å². The Balaban J connectivity index is 2.05. The van der Waals surface area contributed by atoms with Crippen LogP contribution < -0.4 is 14.9 Å². The number of benzene rings is 2. The first-order chi connectivity index (χ1) is 10.6. The number of halogens is 3. The Kier molecular flexibility index (Phi) is 5.24. The highest BCUT2D eigenvalue weighted by atomic mass is 19.3. The Labute approximate surface area is 125 Å². The van der Waals surface area contributed by atoms with Crippen molar-refractivity contribution in [1.82, 2.24) is 0 Å². The molecule has 2 aromatic rings. The molecule has 0 aliphatic carbocycles. The second kappa shape index (κ2) is 7.35. The van der Waals surface area contributed by atoms with Gasteiger partial charge < -0.3 is 9.47 Å². The molecule has 1 N–H and O–H groups in total. The van der Waals surface area contributed by atoms with Crippen molar-refractivity contribution in [3.63, 3.8) is 0 Å². The molecule has 0 radical (unpaired) electrons. The lowest BCUT2D eigenvalue weighted by Crippen LogP contribution is -2.03. The molecule has 0 saturated carbocycles. The molecule has 0 aromatic heterocycles. The number of methoxy groups -OCH3 is 1. The summed E-state index contributed by atoms with van der Waals surface area (Å²) >= 11 is 0. The Morgan fingerprint density at radius 3 is 2.45 bits per heavy atom. The SMILES string of the molecule is COc1cc(/C=N\Nc2ccc(F)cc2)ccc1OC(F)F. The lowest BCUT2D eigenvalue weighted by Gasteiger charge is -2.10. The average Bonchev–Trinajstić information content (AvgIpc) is 2.50.